The summed E-state index contributed by atoms with van der Waals surface area (Å²) in [7, 11) is 0. The van der Waals surface area contributed by atoms with Crippen molar-refractivity contribution in [3.8, 4) is 0 Å². The zero-order valence-corrected chi connectivity index (χ0v) is 13.7. The predicted molar refractivity (Wildman–Crippen MR) is 94.8 cm³/mol. The summed E-state index contributed by atoms with van der Waals surface area (Å²) in [6, 6.07) is 10.5. The van der Waals surface area contributed by atoms with Gasteiger partial charge < -0.3 is 0 Å². The summed E-state index contributed by atoms with van der Waals surface area (Å²) in [5.41, 5.74) is 5.59. The third-order valence-electron chi connectivity index (χ3n) is 4.01. The van der Waals surface area contributed by atoms with Gasteiger partial charge in [0.25, 0.3) is 0 Å². The average Bonchev–Trinajstić information content (AvgIpc) is 2.49. The first-order chi connectivity index (χ1) is 10.4. The van der Waals surface area contributed by atoms with Crippen LogP contribution in [0.5, 0.6) is 0 Å². The fraction of sp³-hybridized carbons (Fsp3) is 0.300. The number of nitrogens with zero attached hydrogens (tertiary/aromatic N) is 2. The quantitative estimate of drug-likeness (QED) is 0.695. The maximum atomic E-state index is 4.86. The van der Waals surface area contributed by atoms with Crippen LogP contribution in [0.3, 0.4) is 0 Å². The van der Waals surface area contributed by atoms with Crippen molar-refractivity contribution in [1.29, 1.82) is 0 Å². The molecule has 1 aliphatic heterocycles. The average molecular weight is 290 g/mol. The van der Waals surface area contributed by atoms with Crippen molar-refractivity contribution < 1.29 is 0 Å². The predicted octanol–water partition coefficient (Wildman–Crippen LogP) is 4.86. The van der Waals surface area contributed by atoms with Gasteiger partial charge in [0.05, 0.1) is 23.0 Å². The van der Waals surface area contributed by atoms with Gasteiger partial charge in [-0.15, -0.1) is 0 Å². The highest BCUT2D eigenvalue weighted by molar-refractivity contribution is 6.25. The number of fused-ring (bicyclic) bond motifs is 1. The van der Waals surface area contributed by atoms with E-state index in [9.17, 15) is 0 Å². The van der Waals surface area contributed by atoms with Crippen molar-refractivity contribution in [2.45, 2.75) is 39.3 Å². The molecule has 1 aromatic carbocycles. The number of allylic oxidation sites excluding steroid dienone is 5. The Labute approximate surface area is 132 Å². The maximum absolute atomic E-state index is 4.86. The van der Waals surface area contributed by atoms with Gasteiger partial charge in [0, 0.05) is 5.57 Å². The fourth-order valence-corrected chi connectivity index (χ4v) is 2.79. The van der Waals surface area contributed by atoms with Gasteiger partial charge in [-0.2, -0.15) is 0 Å². The molecule has 1 heterocycles. The summed E-state index contributed by atoms with van der Waals surface area (Å²) in [5, 5.41) is 0. The van der Waals surface area contributed by atoms with Gasteiger partial charge in [-0.3, -0.25) is 9.98 Å². The van der Waals surface area contributed by atoms with Crippen LogP contribution in [0, 0.1) is 0 Å². The second-order valence-electron chi connectivity index (χ2n) is 6.52. The van der Waals surface area contributed by atoms with Crippen molar-refractivity contribution in [3.05, 3.63) is 71.3 Å². The molecule has 0 bridgehead atoms. The van der Waals surface area contributed by atoms with Crippen LogP contribution in [-0.4, -0.2) is 17.0 Å². The molecule has 0 fully saturated rings. The number of hydrogen-bond donors (Lipinski definition) is 0. The summed E-state index contributed by atoms with van der Waals surface area (Å²) in [6.45, 7) is 8.50. The molecule has 0 spiro atoms. The molecule has 0 saturated heterocycles. The van der Waals surface area contributed by atoms with E-state index in [-0.39, 0.29) is 11.6 Å². The molecule has 2 nitrogen and oxygen atoms in total. The molecule has 0 N–H and O–H groups in total. The van der Waals surface area contributed by atoms with Crippen molar-refractivity contribution >= 4 is 11.4 Å². The van der Waals surface area contributed by atoms with Gasteiger partial charge in [0.2, 0.25) is 0 Å². The molecule has 0 saturated carbocycles. The SMILES string of the molecule is CC1=CC(=NC(C)c2ccccc2)C=C2C=CC(C)(C)N=C12. The van der Waals surface area contributed by atoms with Gasteiger partial charge in [-0.1, -0.05) is 42.5 Å². The van der Waals surface area contributed by atoms with Crippen LogP contribution < -0.4 is 0 Å². The molecule has 2 aliphatic rings. The lowest BCUT2D eigenvalue weighted by molar-refractivity contribution is 0.653. The monoisotopic (exact) mass is 290 g/mol. The molecular formula is C20H22N2. The molecule has 22 heavy (non-hydrogen) atoms. The summed E-state index contributed by atoms with van der Waals surface area (Å²) < 4.78 is 0. The van der Waals surface area contributed by atoms with Crippen LogP contribution in [0.2, 0.25) is 0 Å². The first-order valence-corrected chi connectivity index (χ1v) is 7.77. The minimum absolute atomic E-state index is 0.117. The number of dihydropyridines is 1. The van der Waals surface area contributed by atoms with Crippen LogP contribution in [0.4, 0.5) is 0 Å². The number of rotatable bonds is 2. The van der Waals surface area contributed by atoms with Crippen LogP contribution in [-0.2, 0) is 0 Å². The topological polar surface area (TPSA) is 24.7 Å². The van der Waals surface area contributed by atoms with Gasteiger partial charge in [0.15, 0.2) is 0 Å². The van der Waals surface area contributed by atoms with Crippen molar-refractivity contribution in [2.75, 3.05) is 0 Å². The molecule has 1 aliphatic carbocycles. The number of aliphatic imine (C=N–C) groups is 2. The van der Waals surface area contributed by atoms with Crippen molar-refractivity contribution in [3.63, 3.8) is 0 Å². The highest BCUT2D eigenvalue weighted by atomic mass is 14.9. The molecule has 2 heteroatoms. The van der Waals surface area contributed by atoms with Gasteiger partial charge in [-0.05, 0) is 51.0 Å². The Morgan fingerprint density at radius 3 is 2.55 bits per heavy atom. The summed E-state index contributed by atoms with van der Waals surface area (Å²) >= 11 is 0. The van der Waals surface area contributed by atoms with Crippen LogP contribution in [0.25, 0.3) is 0 Å². The van der Waals surface area contributed by atoms with Crippen LogP contribution >= 0.6 is 0 Å². The molecule has 0 amide bonds. The Morgan fingerprint density at radius 2 is 1.82 bits per heavy atom. The minimum Gasteiger partial charge on any atom is -0.278 e. The van der Waals surface area contributed by atoms with E-state index in [1.807, 2.05) is 6.07 Å². The van der Waals surface area contributed by atoms with Crippen LogP contribution in [0.1, 0.15) is 39.3 Å². The molecule has 0 aromatic heterocycles. The normalized spacial score (nSPS) is 22.5. The summed E-state index contributed by atoms with van der Waals surface area (Å²) in [6.07, 6.45) is 8.59. The number of hydrogen-bond acceptors (Lipinski definition) is 2. The van der Waals surface area contributed by atoms with E-state index in [2.05, 4.69) is 76.3 Å². The molecule has 1 aromatic rings. The first kappa shape index (κ1) is 14.7. The smallest absolute Gasteiger partial charge is 0.0742 e. The van der Waals surface area contributed by atoms with E-state index in [1.54, 1.807) is 0 Å². The third kappa shape index (κ3) is 3.01. The van der Waals surface area contributed by atoms with E-state index in [0.29, 0.717) is 0 Å². The van der Waals surface area contributed by atoms with Gasteiger partial charge in [-0.25, -0.2) is 0 Å². The zero-order chi connectivity index (χ0) is 15.7. The van der Waals surface area contributed by atoms with Gasteiger partial charge >= 0.3 is 0 Å². The fourth-order valence-electron chi connectivity index (χ4n) is 2.79. The lowest BCUT2D eigenvalue weighted by Crippen LogP contribution is -2.24. The van der Waals surface area contributed by atoms with E-state index in [0.717, 1.165) is 11.4 Å². The summed E-state index contributed by atoms with van der Waals surface area (Å²) in [4.78, 5) is 9.69. The molecule has 0 radical (unpaired) electrons. The standard InChI is InChI=1S/C20H22N2/c1-14-12-18(21-15(2)16-8-6-5-7-9-16)13-17-10-11-20(3,4)22-19(14)17/h5-13,15H,1-4H3. The summed E-state index contributed by atoms with van der Waals surface area (Å²) in [5.74, 6) is 0. The largest absolute Gasteiger partial charge is 0.278 e. The van der Waals surface area contributed by atoms with Crippen molar-refractivity contribution in [1.82, 2.24) is 0 Å². The highest BCUT2D eigenvalue weighted by Crippen LogP contribution is 2.27. The Bertz CT molecular complexity index is 728. The minimum atomic E-state index is -0.117. The third-order valence-corrected chi connectivity index (χ3v) is 4.01. The lowest BCUT2D eigenvalue weighted by Gasteiger charge is -2.25. The van der Waals surface area contributed by atoms with E-state index in [1.165, 1.54) is 16.7 Å². The lowest BCUT2D eigenvalue weighted by atomic mass is 9.89. The maximum Gasteiger partial charge on any atom is 0.0742 e. The second-order valence-corrected chi connectivity index (χ2v) is 6.52. The zero-order valence-electron chi connectivity index (χ0n) is 13.7. The Hall–Kier alpha value is -2.22. The molecular weight excluding hydrogens is 268 g/mol. The second kappa shape index (κ2) is 5.53. The van der Waals surface area contributed by atoms with Crippen LogP contribution in [0.15, 0.2) is 75.8 Å². The van der Waals surface area contributed by atoms with Gasteiger partial charge in [0.1, 0.15) is 0 Å². The van der Waals surface area contributed by atoms with E-state index < -0.39 is 0 Å². The molecule has 1 unspecified atom stereocenters. The Morgan fingerprint density at radius 1 is 1.09 bits per heavy atom. The van der Waals surface area contributed by atoms with E-state index >= 15 is 0 Å². The Balaban J connectivity index is 1.92. The first-order valence-electron chi connectivity index (χ1n) is 7.77. The Kier molecular flexibility index (Phi) is 3.69. The van der Waals surface area contributed by atoms with E-state index in [4.69, 9.17) is 9.98 Å². The van der Waals surface area contributed by atoms with Crippen molar-refractivity contribution in [2.24, 2.45) is 9.98 Å². The molecule has 112 valence electrons. The number of benzene rings is 1. The molecule has 1 atom stereocenters. The highest BCUT2D eigenvalue weighted by Gasteiger charge is 2.23. The molecule has 3 rings (SSSR count).